The van der Waals surface area contributed by atoms with Gasteiger partial charge in [0.15, 0.2) is 0 Å². The molecule has 0 fully saturated rings. The van der Waals surface area contributed by atoms with Gasteiger partial charge in [0.05, 0.1) is 0 Å². The normalized spacial score (nSPS) is 23.0. The van der Waals surface area contributed by atoms with Gasteiger partial charge < -0.3 is 12.0 Å². The Morgan fingerprint density at radius 1 is 1.46 bits per heavy atom. The third kappa shape index (κ3) is 2.76. The molecule has 0 aromatic carbocycles. The summed E-state index contributed by atoms with van der Waals surface area (Å²) in [6, 6.07) is 0. The lowest BCUT2D eigenvalue weighted by atomic mass is 10.1. The fraction of sp³-hybridized carbons (Fsp3) is 0.417. The third-order valence-corrected chi connectivity index (χ3v) is 2.10. The predicted octanol–water partition coefficient (Wildman–Crippen LogP) is 3.56. The van der Waals surface area contributed by atoms with Crippen molar-refractivity contribution in [3.63, 3.8) is 0 Å². The smallest absolute Gasteiger partial charge is 0.112 e. The van der Waals surface area contributed by atoms with Crippen molar-refractivity contribution < 1.29 is 5.11 Å². The maximum Gasteiger partial charge on any atom is 0.112 e. The Balaban J connectivity index is 2.92. The lowest BCUT2D eigenvalue weighted by Crippen LogP contribution is -1.90. The Hall–Kier alpha value is -0.980. The summed E-state index contributed by atoms with van der Waals surface area (Å²) in [6.07, 6.45) is 7.89. The first kappa shape index (κ1) is 10.1. The lowest BCUT2D eigenvalue weighted by Gasteiger charge is -2.06. The topological polar surface area (TPSA) is 20.2 Å². The van der Waals surface area contributed by atoms with Crippen molar-refractivity contribution in [1.82, 2.24) is 0 Å². The highest BCUT2D eigenvalue weighted by atomic mass is 16.3. The van der Waals surface area contributed by atoms with Crippen LogP contribution >= 0.6 is 0 Å². The van der Waals surface area contributed by atoms with Gasteiger partial charge in [-0.3, -0.25) is 0 Å². The van der Waals surface area contributed by atoms with Crippen LogP contribution in [0.15, 0.2) is 35.1 Å². The van der Waals surface area contributed by atoms with Crippen LogP contribution < -0.4 is 0 Å². The molecule has 1 rings (SSSR count). The van der Waals surface area contributed by atoms with E-state index in [1.54, 1.807) is 6.08 Å². The fourth-order valence-electron chi connectivity index (χ4n) is 1.56. The molecular formula is C12H17O-. The molecule has 0 aromatic rings. The molecule has 0 saturated heterocycles. The zero-order valence-electron chi connectivity index (χ0n) is 8.38. The molecule has 1 aliphatic rings. The Morgan fingerprint density at radius 2 is 2.15 bits per heavy atom. The summed E-state index contributed by atoms with van der Waals surface area (Å²) in [5, 5.41) is 9.69. The van der Waals surface area contributed by atoms with E-state index in [0.29, 0.717) is 5.76 Å². The number of hydrogen-bond acceptors (Lipinski definition) is 1. The van der Waals surface area contributed by atoms with E-state index in [4.69, 9.17) is 0 Å². The SMILES string of the molecule is [CH2-]C1C=C(C)C=C(CCC)C(O)=C1. The van der Waals surface area contributed by atoms with Crippen molar-refractivity contribution in [2.45, 2.75) is 26.7 Å². The molecule has 0 radical (unpaired) electrons. The lowest BCUT2D eigenvalue weighted by molar-refractivity contribution is 0.415. The van der Waals surface area contributed by atoms with Crippen LogP contribution in [0.25, 0.3) is 0 Å². The van der Waals surface area contributed by atoms with Crippen molar-refractivity contribution in [2.75, 3.05) is 0 Å². The highest BCUT2D eigenvalue weighted by molar-refractivity contribution is 5.37. The van der Waals surface area contributed by atoms with Crippen molar-refractivity contribution in [3.8, 4) is 0 Å². The molecule has 1 aliphatic carbocycles. The van der Waals surface area contributed by atoms with Crippen LogP contribution in [0.1, 0.15) is 26.7 Å². The van der Waals surface area contributed by atoms with Gasteiger partial charge in [0.25, 0.3) is 0 Å². The second-order valence-corrected chi connectivity index (χ2v) is 3.55. The van der Waals surface area contributed by atoms with E-state index in [-0.39, 0.29) is 5.92 Å². The predicted molar refractivity (Wildman–Crippen MR) is 56.3 cm³/mol. The first-order valence-electron chi connectivity index (χ1n) is 4.76. The van der Waals surface area contributed by atoms with Crippen molar-refractivity contribution in [2.24, 2.45) is 5.92 Å². The first-order valence-corrected chi connectivity index (χ1v) is 4.76. The second-order valence-electron chi connectivity index (χ2n) is 3.55. The van der Waals surface area contributed by atoms with Crippen molar-refractivity contribution in [1.29, 1.82) is 0 Å². The van der Waals surface area contributed by atoms with Crippen molar-refractivity contribution in [3.05, 3.63) is 42.1 Å². The molecule has 1 N–H and O–H groups in total. The van der Waals surface area contributed by atoms with E-state index in [9.17, 15) is 5.11 Å². The summed E-state index contributed by atoms with van der Waals surface area (Å²) in [4.78, 5) is 0. The molecule has 0 spiro atoms. The van der Waals surface area contributed by atoms with Crippen LogP contribution in [0.5, 0.6) is 0 Å². The Labute approximate surface area is 80.5 Å². The molecule has 1 heteroatoms. The molecule has 0 heterocycles. The molecule has 1 unspecified atom stereocenters. The largest absolute Gasteiger partial charge is 0.508 e. The van der Waals surface area contributed by atoms with E-state index in [2.05, 4.69) is 19.9 Å². The van der Waals surface area contributed by atoms with E-state index in [1.165, 1.54) is 5.57 Å². The maximum atomic E-state index is 9.69. The van der Waals surface area contributed by atoms with Crippen LogP contribution in [0.4, 0.5) is 0 Å². The molecule has 0 aromatic heterocycles. The number of aliphatic hydroxyl groups is 1. The Bertz CT molecular complexity index is 269. The van der Waals surface area contributed by atoms with Gasteiger partial charge in [0.2, 0.25) is 0 Å². The van der Waals surface area contributed by atoms with Gasteiger partial charge in [-0.05, 0) is 18.9 Å². The highest BCUT2D eigenvalue weighted by Gasteiger charge is 2.05. The van der Waals surface area contributed by atoms with Gasteiger partial charge in [-0.25, -0.2) is 0 Å². The summed E-state index contributed by atoms with van der Waals surface area (Å²) in [5.41, 5.74) is 2.21. The minimum atomic E-state index is 0.0885. The molecule has 0 bridgehead atoms. The van der Waals surface area contributed by atoms with Gasteiger partial charge in [-0.1, -0.05) is 31.1 Å². The average molecular weight is 177 g/mol. The van der Waals surface area contributed by atoms with E-state index >= 15 is 0 Å². The zero-order chi connectivity index (χ0) is 9.84. The standard InChI is InChI=1S/C12H17O/c1-4-5-11-7-9(2)6-10(3)8-12(11)13/h6-8,10,13H,3-5H2,1-2H3/q-1. The van der Waals surface area contributed by atoms with Gasteiger partial charge in [0, 0.05) is 0 Å². The number of hydrogen-bond donors (Lipinski definition) is 1. The summed E-state index contributed by atoms with van der Waals surface area (Å²) < 4.78 is 0. The van der Waals surface area contributed by atoms with Crippen molar-refractivity contribution >= 4 is 0 Å². The number of allylic oxidation sites excluding steroid dienone is 5. The maximum absolute atomic E-state index is 9.69. The van der Waals surface area contributed by atoms with E-state index < -0.39 is 0 Å². The molecule has 1 nitrogen and oxygen atoms in total. The second kappa shape index (κ2) is 4.31. The van der Waals surface area contributed by atoms with Gasteiger partial charge in [0.1, 0.15) is 5.76 Å². The third-order valence-electron chi connectivity index (χ3n) is 2.10. The van der Waals surface area contributed by atoms with Crippen LogP contribution in [0, 0.1) is 12.8 Å². The molecular weight excluding hydrogens is 160 g/mol. The van der Waals surface area contributed by atoms with Gasteiger partial charge in [-0.2, -0.15) is 0 Å². The van der Waals surface area contributed by atoms with E-state index in [1.807, 2.05) is 13.0 Å². The number of aliphatic hydroxyl groups excluding tert-OH is 1. The summed E-state index contributed by atoms with van der Waals surface area (Å²) in [6.45, 7) is 8.06. The molecule has 72 valence electrons. The van der Waals surface area contributed by atoms with Gasteiger partial charge in [-0.15, -0.1) is 12.0 Å². The Morgan fingerprint density at radius 3 is 2.77 bits per heavy atom. The molecule has 0 aliphatic heterocycles. The quantitative estimate of drug-likeness (QED) is 0.639. The van der Waals surface area contributed by atoms with Crippen LogP contribution in [-0.4, -0.2) is 5.11 Å². The van der Waals surface area contributed by atoms with Crippen LogP contribution in [0.2, 0.25) is 0 Å². The highest BCUT2D eigenvalue weighted by Crippen LogP contribution is 2.22. The Kier molecular flexibility index (Phi) is 3.35. The average Bonchev–Trinajstić information content (AvgIpc) is 2.12. The summed E-state index contributed by atoms with van der Waals surface area (Å²) in [5.74, 6) is 0.487. The zero-order valence-corrected chi connectivity index (χ0v) is 8.38. The molecule has 0 saturated carbocycles. The minimum Gasteiger partial charge on any atom is -0.508 e. The summed E-state index contributed by atoms with van der Waals surface area (Å²) >= 11 is 0. The first-order chi connectivity index (χ1) is 6.13. The fourth-order valence-corrected chi connectivity index (χ4v) is 1.56. The number of rotatable bonds is 2. The molecule has 13 heavy (non-hydrogen) atoms. The summed E-state index contributed by atoms with van der Waals surface area (Å²) in [7, 11) is 0. The van der Waals surface area contributed by atoms with Crippen LogP contribution in [-0.2, 0) is 0 Å². The monoisotopic (exact) mass is 177 g/mol. The van der Waals surface area contributed by atoms with E-state index in [0.717, 1.165) is 18.4 Å². The molecule has 1 atom stereocenters. The van der Waals surface area contributed by atoms with Crippen LogP contribution in [0.3, 0.4) is 0 Å². The molecule has 0 amide bonds. The minimum absolute atomic E-state index is 0.0885. The van der Waals surface area contributed by atoms with Gasteiger partial charge >= 0.3 is 0 Å².